The number of nitrogens with zero attached hydrogens (tertiary/aromatic N) is 1. The molecule has 0 saturated carbocycles. The fraction of sp³-hybridized carbons (Fsp3) is 0.143. The number of hydrogen-bond acceptors (Lipinski definition) is 4. The number of hydrogen-bond donors (Lipinski definition) is 1. The Balaban J connectivity index is 2.48. The van der Waals surface area contributed by atoms with Crippen LogP contribution in [0.15, 0.2) is 47.4 Å². The molecule has 2 aromatic rings. The third kappa shape index (κ3) is 3.65. The maximum atomic E-state index is 12.9. The first kappa shape index (κ1) is 17.7. The molecule has 0 atom stereocenters. The van der Waals surface area contributed by atoms with Crippen LogP contribution in [-0.4, -0.2) is 13.3 Å². The van der Waals surface area contributed by atoms with Crippen LogP contribution in [0.5, 0.6) is 0 Å². The molecule has 0 bridgehead atoms. The van der Waals surface area contributed by atoms with Crippen LogP contribution in [0, 0.1) is 17.0 Å². The smallest absolute Gasteiger partial charge is 0.279 e. The van der Waals surface area contributed by atoms with E-state index in [0.29, 0.717) is 0 Å². The van der Waals surface area contributed by atoms with Gasteiger partial charge in [0.25, 0.3) is 15.7 Å². The summed E-state index contributed by atoms with van der Waals surface area (Å²) in [5, 5.41) is 10.9. The summed E-state index contributed by atoms with van der Waals surface area (Å²) in [5.74, 6) is 0. The zero-order valence-electron chi connectivity index (χ0n) is 12.2. The summed E-state index contributed by atoms with van der Waals surface area (Å²) in [5.41, 5.74) is -2.03. The average Bonchev–Trinajstić information content (AvgIpc) is 2.46. The molecule has 0 aliphatic carbocycles. The molecule has 128 valence electrons. The highest BCUT2D eigenvalue weighted by Gasteiger charge is 2.34. The molecule has 2 rings (SSSR count). The number of benzene rings is 2. The monoisotopic (exact) mass is 360 g/mol. The molecule has 0 amide bonds. The van der Waals surface area contributed by atoms with Crippen molar-refractivity contribution in [3.05, 3.63) is 63.7 Å². The van der Waals surface area contributed by atoms with Crippen LogP contribution in [0.3, 0.4) is 0 Å². The van der Waals surface area contributed by atoms with Gasteiger partial charge in [-0.1, -0.05) is 18.2 Å². The standard InChI is InChI=1S/C14H11F3N2O4S/c1-9-6-7-10(8-13(9)19(20)21)24(22,23)18-12-5-3-2-4-11(12)14(15,16)17/h2-8,18H,1H3. The Morgan fingerprint density at radius 2 is 1.75 bits per heavy atom. The Hall–Kier alpha value is -2.62. The molecule has 0 aromatic heterocycles. The van der Waals surface area contributed by atoms with Crippen LogP contribution < -0.4 is 4.72 Å². The van der Waals surface area contributed by atoms with Crippen LogP contribution in [0.4, 0.5) is 24.5 Å². The number of rotatable bonds is 4. The topological polar surface area (TPSA) is 89.3 Å². The first-order valence-electron chi connectivity index (χ1n) is 6.46. The minimum Gasteiger partial charge on any atom is -0.279 e. The molecule has 0 aliphatic rings. The fourth-order valence-corrected chi connectivity index (χ4v) is 3.08. The molecule has 10 heteroatoms. The normalized spacial score (nSPS) is 12.0. The van der Waals surface area contributed by atoms with E-state index in [1.54, 1.807) is 0 Å². The Labute approximate surface area is 135 Å². The van der Waals surface area contributed by atoms with E-state index in [-0.39, 0.29) is 5.56 Å². The van der Waals surface area contributed by atoms with Crippen molar-refractivity contribution >= 4 is 21.4 Å². The first-order chi connectivity index (χ1) is 11.0. The lowest BCUT2D eigenvalue weighted by Gasteiger charge is -2.14. The Morgan fingerprint density at radius 1 is 1.12 bits per heavy atom. The molecule has 0 heterocycles. The number of sulfonamides is 1. The molecule has 6 nitrogen and oxygen atoms in total. The van der Waals surface area contributed by atoms with Crippen LogP contribution in [0.1, 0.15) is 11.1 Å². The third-order valence-electron chi connectivity index (χ3n) is 3.16. The maximum Gasteiger partial charge on any atom is 0.418 e. The molecule has 0 aliphatic heterocycles. The SMILES string of the molecule is Cc1ccc(S(=O)(=O)Nc2ccccc2C(F)(F)F)cc1[N+](=O)[O-]. The van der Waals surface area contributed by atoms with E-state index >= 15 is 0 Å². The van der Waals surface area contributed by atoms with E-state index < -0.39 is 43.0 Å². The van der Waals surface area contributed by atoms with Crippen molar-refractivity contribution in [1.82, 2.24) is 0 Å². The second-order valence-electron chi connectivity index (χ2n) is 4.85. The van der Waals surface area contributed by atoms with Crippen molar-refractivity contribution in [2.75, 3.05) is 4.72 Å². The molecule has 0 saturated heterocycles. The Bertz CT molecular complexity index is 895. The number of anilines is 1. The van der Waals surface area contributed by atoms with Gasteiger partial charge in [-0.05, 0) is 25.1 Å². The average molecular weight is 360 g/mol. The number of nitro groups is 1. The molecular formula is C14H11F3N2O4S. The summed E-state index contributed by atoms with van der Waals surface area (Å²) in [7, 11) is -4.42. The number of alkyl halides is 3. The predicted octanol–water partition coefficient (Wildman–Crippen LogP) is 3.72. The molecule has 1 N–H and O–H groups in total. The molecule has 24 heavy (non-hydrogen) atoms. The number of nitrogens with one attached hydrogen (secondary N) is 1. The van der Waals surface area contributed by atoms with Gasteiger partial charge in [0.1, 0.15) is 0 Å². The van der Waals surface area contributed by atoms with Gasteiger partial charge >= 0.3 is 6.18 Å². The fourth-order valence-electron chi connectivity index (χ4n) is 1.98. The molecule has 0 spiro atoms. The van der Waals surface area contributed by atoms with Crippen LogP contribution in [-0.2, 0) is 16.2 Å². The number of para-hydroxylation sites is 1. The van der Waals surface area contributed by atoms with Gasteiger partial charge in [-0.3, -0.25) is 14.8 Å². The van der Waals surface area contributed by atoms with Crippen LogP contribution in [0.2, 0.25) is 0 Å². The van der Waals surface area contributed by atoms with E-state index in [1.165, 1.54) is 19.1 Å². The summed E-state index contributed by atoms with van der Waals surface area (Å²) in [6, 6.07) is 7.15. The van der Waals surface area contributed by atoms with Gasteiger partial charge in [-0.15, -0.1) is 0 Å². The lowest BCUT2D eigenvalue weighted by Crippen LogP contribution is -2.17. The summed E-state index contributed by atoms with van der Waals surface area (Å²) in [4.78, 5) is 9.62. The van der Waals surface area contributed by atoms with Crippen LogP contribution in [0.25, 0.3) is 0 Å². The van der Waals surface area contributed by atoms with Gasteiger partial charge in [0.2, 0.25) is 0 Å². The number of aryl methyl sites for hydroxylation is 1. The second kappa shape index (κ2) is 6.11. The lowest BCUT2D eigenvalue weighted by atomic mass is 10.2. The summed E-state index contributed by atoms with van der Waals surface area (Å²) < 4.78 is 65.1. The zero-order valence-corrected chi connectivity index (χ0v) is 13.0. The van der Waals surface area contributed by atoms with Crippen molar-refractivity contribution in [2.24, 2.45) is 0 Å². The van der Waals surface area contributed by atoms with Gasteiger partial charge in [-0.2, -0.15) is 13.2 Å². The predicted molar refractivity (Wildman–Crippen MR) is 80.1 cm³/mol. The highest BCUT2D eigenvalue weighted by molar-refractivity contribution is 7.92. The Kier molecular flexibility index (Phi) is 4.52. The van der Waals surface area contributed by atoms with Gasteiger partial charge < -0.3 is 0 Å². The van der Waals surface area contributed by atoms with Gasteiger partial charge in [0.15, 0.2) is 0 Å². The molecule has 0 fully saturated rings. The Morgan fingerprint density at radius 3 is 2.33 bits per heavy atom. The molecule has 2 aromatic carbocycles. The minimum atomic E-state index is -4.75. The molecule has 0 radical (unpaired) electrons. The summed E-state index contributed by atoms with van der Waals surface area (Å²) in [6.07, 6.45) is -4.75. The van der Waals surface area contributed by atoms with E-state index in [0.717, 1.165) is 30.3 Å². The highest BCUT2D eigenvalue weighted by atomic mass is 32.2. The van der Waals surface area contributed by atoms with E-state index in [9.17, 15) is 31.7 Å². The highest BCUT2D eigenvalue weighted by Crippen LogP contribution is 2.35. The molecule has 0 unspecified atom stereocenters. The summed E-state index contributed by atoms with van der Waals surface area (Å²) >= 11 is 0. The lowest BCUT2D eigenvalue weighted by molar-refractivity contribution is -0.385. The largest absolute Gasteiger partial charge is 0.418 e. The summed E-state index contributed by atoms with van der Waals surface area (Å²) in [6.45, 7) is 1.42. The first-order valence-corrected chi connectivity index (χ1v) is 7.95. The van der Waals surface area contributed by atoms with Crippen molar-refractivity contribution in [1.29, 1.82) is 0 Å². The van der Waals surface area contributed by atoms with Gasteiger partial charge in [-0.25, -0.2) is 8.42 Å². The van der Waals surface area contributed by atoms with Crippen molar-refractivity contribution in [2.45, 2.75) is 18.0 Å². The number of halogens is 3. The van der Waals surface area contributed by atoms with Crippen molar-refractivity contribution in [3.8, 4) is 0 Å². The van der Waals surface area contributed by atoms with E-state index in [4.69, 9.17) is 0 Å². The maximum absolute atomic E-state index is 12.9. The van der Waals surface area contributed by atoms with Gasteiger partial charge in [0.05, 0.1) is 21.1 Å². The number of nitro benzene ring substituents is 1. The van der Waals surface area contributed by atoms with E-state index in [2.05, 4.69) is 0 Å². The third-order valence-corrected chi connectivity index (χ3v) is 4.53. The van der Waals surface area contributed by atoms with Crippen molar-refractivity contribution in [3.63, 3.8) is 0 Å². The van der Waals surface area contributed by atoms with Crippen molar-refractivity contribution < 1.29 is 26.5 Å². The zero-order chi connectivity index (χ0) is 18.1. The van der Waals surface area contributed by atoms with E-state index in [1.807, 2.05) is 4.72 Å². The molecular weight excluding hydrogens is 349 g/mol. The van der Waals surface area contributed by atoms with Crippen LogP contribution >= 0.6 is 0 Å². The minimum absolute atomic E-state index is 0.231. The second-order valence-corrected chi connectivity index (χ2v) is 6.54. The van der Waals surface area contributed by atoms with Gasteiger partial charge in [0, 0.05) is 11.6 Å². The quantitative estimate of drug-likeness (QED) is 0.665.